The number of ether oxygens (including phenoxy) is 1. The molecule has 0 spiro atoms. The van der Waals surface area contributed by atoms with Crippen LogP contribution in [0.15, 0.2) is 30.5 Å². The maximum Gasteiger partial charge on any atom is 0.204 e. The summed E-state index contributed by atoms with van der Waals surface area (Å²) in [6, 6.07) is 7.82. The largest absolute Gasteiger partial charge is 0.491 e. The average Bonchev–Trinajstić information content (AvgIpc) is 2.66. The number of imidazole rings is 1. The predicted octanol–water partition coefficient (Wildman–Crippen LogP) is 3.25. The molecule has 0 aliphatic carbocycles. The molecule has 0 radical (unpaired) electrons. The smallest absolute Gasteiger partial charge is 0.204 e. The highest BCUT2D eigenvalue weighted by Crippen LogP contribution is 2.19. The van der Waals surface area contributed by atoms with E-state index in [-0.39, 0.29) is 6.10 Å². The van der Waals surface area contributed by atoms with Gasteiger partial charge in [0.15, 0.2) is 0 Å². The summed E-state index contributed by atoms with van der Waals surface area (Å²) in [4.78, 5) is 7.30. The summed E-state index contributed by atoms with van der Waals surface area (Å²) < 4.78 is 5.57. The number of nitrogens with one attached hydrogen (secondary N) is 2. The van der Waals surface area contributed by atoms with E-state index in [1.807, 2.05) is 45.0 Å². The highest BCUT2D eigenvalue weighted by molar-refractivity contribution is 5.54. The quantitative estimate of drug-likeness (QED) is 0.849. The molecule has 0 aliphatic rings. The van der Waals surface area contributed by atoms with E-state index >= 15 is 0 Å². The topological polar surface area (TPSA) is 49.9 Å². The molecule has 0 saturated carbocycles. The molecule has 0 bridgehead atoms. The van der Waals surface area contributed by atoms with Gasteiger partial charge in [-0.25, -0.2) is 4.98 Å². The summed E-state index contributed by atoms with van der Waals surface area (Å²) in [5.41, 5.74) is 2.02. The second kappa shape index (κ2) is 4.91. The minimum absolute atomic E-state index is 0.196. The molecule has 0 fully saturated rings. The van der Waals surface area contributed by atoms with Crippen LogP contribution in [0.4, 0.5) is 11.6 Å². The van der Waals surface area contributed by atoms with Crippen molar-refractivity contribution >= 4 is 11.6 Å². The SMILES string of the molecule is Cc1cnc(Nc2ccc(OC(C)C)cc2)[nH]1. The van der Waals surface area contributed by atoms with Crippen molar-refractivity contribution in [3.63, 3.8) is 0 Å². The van der Waals surface area contributed by atoms with E-state index in [4.69, 9.17) is 4.74 Å². The van der Waals surface area contributed by atoms with Gasteiger partial charge in [0.25, 0.3) is 0 Å². The third kappa shape index (κ3) is 3.24. The molecule has 0 atom stereocenters. The molecule has 1 aromatic carbocycles. The summed E-state index contributed by atoms with van der Waals surface area (Å²) >= 11 is 0. The summed E-state index contributed by atoms with van der Waals surface area (Å²) in [5, 5.41) is 3.18. The lowest BCUT2D eigenvalue weighted by Gasteiger charge is -2.10. The van der Waals surface area contributed by atoms with Gasteiger partial charge in [0.1, 0.15) is 5.75 Å². The van der Waals surface area contributed by atoms with Crippen LogP contribution in [-0.2, 0) is 0 Å². The monoisotopic (exact) mass is 231 g/mol. The van der Waals surface area contributed by atoms with Crippen LogP contribution < -0.4 is 10.1 Å². The Kier molecular flexibility index (Phi) is 3.32. The fourth-order valence-electron chi connectivity index (χ4n) is 1.50. The van der Waals surface area contributed by atoms with Crippen LogP contribution in [0.2, 0.25) is 0 Å². The van der Waals surface area contributed by atoms with Gasteiger partial charge in [-0.2, -0.15) is 0 Å². The van der Waals surface area contributed by atoms with Gasteiger partial charge in [0.05, 0.1) is 6.10 Å². The Morgan fingerprint density at radius 1 is 1.24 bits per heavy atom. The molecule has 2 N–H and O–H groups in total. The van der Waals surface area contributed by atoms with Gasteiger partial charge in [-0.3, -0.25) is 0 Å². The Morgan fingerprint density at radius 3 is 2.47 bits per heavy atom. The van der Waals surface area contributed by atoms with Gasteiger partial charge >= 0.3 is 0 Å². The number of aryl methyl sites for hydroxylation is 1. The fourth-order valence-corrected chi connectivity index (χ4v) is 1.50. The highest BCUT2D eigenvalue weighted by Gasteiger charge is 2.00. The molecule has 1 heterocycles. The second-order valence-electron chi connectivity index (χ2n) is 4.23. The molecule has 0 saturated heterocycles. The van der Waals surface area contributed by atoms with Crippen LogP contribution in [0.5, 0.6) is 5.75 Å². The number of H-pyrrole nitrogens is 1. The average molecular weight is 231 g/mol. The van der Waals surface area contributed by atoms with Crippen molar-refractivity contribution in [3.05, 3.63) is 36.2 Å². The second-order valence-corrected chi connectivity index (χ2v) is 4.23. The van der Waals surface area contributed by atoms with Gasteiger partial charge in [-0.05, 0) is 45.0 Å². The zero-order valence-electron chi connectivity index (χ0n) is 10.3. The first-order valence-corrected chi connectivity index (χ1v) is 5.69. The Balaban J connectivity index is 2.03. The summed E-state index contributed by atoms with van der Waals surface area (Å²) in [6.07, 6.45) is 1.99. The Morgan fingerprint density at radius 2 is 1.94 bits per heavy atom. The molecule has 4 heteroatoms. The predicted molar refractivity (Wildman–Crippen MR) is 68.8 cm³/mol. The van der Waals surface area contributed by atoms with E-state index in [2.05, 4.69) is 15.3 Å². The van der Waals surface area contributed by atoms with Gasteiger partial charge in [-0.15, -0.1) is 0 Å². The van der Waals surface area contributed by atoms with E-state index in [1.165, 1.54) is 0 Å². The Hall–Kier alpha value is -1.97. The first-order chi connectivity index (χ1) is 8.13. The molecule has 90 valence electrons. The van der Waals surface area contributed by atoms with Crippen molar-refractivity contribution in [2.24, 2.45) is 0 Å². The molecule has 0 amide bonds. The first kappa shape index (κ1) is 11.5. The summed E-state index contributed by atoms with van der Waals surface area (Å²) in [5.74, 6) is 1.63. The number of rotatable bonds is 4. The standard InChI is InChI=1S/C13H17N3O/c1-9(2)17-12-6-4-11(5-7-12)16-13-14-8-10(3)15-13/h4-9H,1-3H3,(H2,14,15,16). The van der Waals surface area contributed by atoms with Crippen LogP contribution in [0, 0.1) is 6.92 Å². The van der Waals surface area contributed by atoms with Crippen molar-refractivity contribution in [2.75, 3.05) is 5.32 Å². The van der Waals surface area contributed by atoms with Crippen LogP contribution in [0.3, 0.4) is 0 Å². The minimum Gasteiger partial charge on any atom is -0.491 e. The molecule has 1 aromatic heterocycles. The maximum absolute atomic E-state index is 5.57. The van der Waals surface area contributed by atoms with Crippen molar-refractivity contribution in [1.82, 2.24) is 9.97 Å². The molecule has 2 rings (SSSR count). The fraction of sp³-hybridized carbons (Fsp3) is 0.308. The van der Waals surface area contributed by atoms with E-state index in [0.29, 0.717) is 0 Å². The third-order valence-electron chi connectivity index (χ3n) is 2.19. The minimum atomic E-state index is 0.196. The van der Waals surface area contributed by atoms with Gasteiger partial charge in [-0.1, -0.05) is 0 Å². The zero-order chi connectivity index (χ0) is 12.3. The lowest BCUT2D eigenvalue weighted by Crippen LogP contribution is -2.05. The molecule has 2 aromatic rings. The van der Waals surface area contributed by atoms with E-state index in [9.17, 15) is 0 Å². The molecule has 0 unspecified atom stereocenters. The normalized spacial score (nSPS) is 10.6. The van der Waals surface area contributed by atoms with Crippen molar-refractivity contribution in [1.29, 1.82) is 0 Å². The number of aromatic amines is 1. The van der Waals surface area contributed by atoms with Crippen molar-refractivity contribution < 1.29 is 4.74 Å². The Labute approximate surface area is 101 Å². The summed E-state index contributed by atoms with van der Waals surface area (Å²) in [7, 11) is 0. The number of hydrogen-bond acceptors (Lipinski definition) is 3. The molecule has 0 aliphatic heterocycles. The van der Waals surface area contributed by atoms with Crippen molar-refractivity contribution in [3.8, 4) is 5.75 Å². The molecular formula is C13H17N3O. The van der Waals surface area contributed by atoms with Gasteiger partial charge < -0.3 is 15.0 Å². The van der Waals surface area contributed by atoms with E-state index in [1.54, 1.807) is 6.20 Å². The highest BCUT2D eigenvalue weighted by atomic mass is 16.5. The number of aromatic nitrogens is 2. The summed E-state index contributed by atoms with van der Waals surface area (Å²) in [6.45, 7) is 5.99. The van der Waals surface area contributed by atoms with Crippen molar-refractivity contribution in [2.45, 2.75) is 26.9 Å². The van der Waals surface area contributed by atoms with Crippen LogP contribution in [0.1, 0.15) is 19.5 Å². The third-order valence-corrected chi connectivity index (χ3v) is 2.19. The van der Waals surface area contributed by atoms with E-state index in [0.717, 1.165) is 23.1 Å². The van der Waals surface area contributed by atoms with Crippen LogP contribution in [-0.4, -0.2) is 16.1 Å². The molecule has 4 nitrogen and oxygen atoms in total. The van der Waals surface area contributed by atoms with Gasteiger partial charge in [0.2, 0.25) is 5.95 Å². The lowest BCUT2D eigenvalue weighted by molar-refractivity contribution is 0.242. The number of benzene rings is 1. The van der Waals surface area contributed by atoms with E-state index < -0.39 is 0 Å². The Bertz CT molecular complexity index is 474. The zero-order valence-corrected chi connectivity index (χ0v) is 10.3. The van der Waals surface area contributed by atoms with Gasteiger partial charge in [0, 0.05) is 17.6 Å². The van der Waals surface area contributed by atoms with Crippen LogP contribution in [0.25, 0.3) is 0 Å². The molecule has 17 heavy (non-hydrogen) atoms. The first-order valence-electron chi connectivity index (χ1n) is 5.69. The lowest BCUT2D eigenvalue weighted by atomic mass is 10.3. The number of hydrogen-bond donors (Lipinski definition) is 2. The molecular weight excluding hydrogens is 214 g/mol. The number of anilines is 2. The maximum atomic E-state index is 5.57. The number of nitrogens with zero attached hydrogens (tertiary/aromatic N) is 1. The van der Waals surface area contributed by atoms with Crippen LogP contribution >= 0.6 is 0 Å².